The van der Waals surface area contributed by atoms with E-state index in [9.17, 15) is 9.59 Å². The van der Waals surface area contributed by atoms with Gasteiger partial charge in [0.2, 0.25) is 5.91 Å². The number of anilines is 1. The quantitative estimate of drug-likeness (QED) is 0.575. The van der Waals surface area contributed by atoms with Crippen molar-refractivity contribution in [1.29, 1.82) is 0 Å². The van der Waals surface area contributed by atoms with Gasteiger partial charge in [0, 0.05) is 20.1 Å². The van der Waals surface area contributed by atoms with Crippen molar-refractivity contribution in [2.75, 3.05) is 51.3 Å². The molecule has 0 N–H and O–H groups in total. The van der Waals surface area contributed by atoms with Crippen LogP contribution in [0.1, 0.15) is 5.01 Å². The van der Waals surface area contributed by atoms with Crippen molar-refractivity contribution in [3.8, 4) is 5.75 Å². The highest BCUT2D eigenvalue weighted by Gasteiger charge is 2.35. The number of likely N-dealkylation sites (N-methyl/N-ethyl adjacent to an activating group) is 1. The molecule has 2 aromatic carbocycles. The number of morpholine rings is 1. The summed E-state index contributed by atoms with van der Waals surface area (Å²) in [7, 11) is 1.79. The number of aromatic nitrogens is 1. The van der Waals surface area contributed by atoms with Gasteiger partial charge >= 0.3 is 0 Å². The van der Waals surface area contributed by atoms with Gasteiger partial charge in [-0.2, -0.15) is 0 Å². The van der Waals surface area contributed by atoms with E-state index < -0.39 is 6.10 Å². The zero-order chi connectivity index (χ0) is 22.8. The monoisotopic (exact) mass is 466 g/mol. The summed E-state index contributed by atoms with van der Waals surface area (Å²) in [6.07, 6.45) is -0.652. The number of nitrogens with zero attached hydrogens (tertiary/aromatic N) is 4. The zero-order valence-corrected chi connectivity index (χ0v) is 19.3. The largest absolute Gasteiger partial charge is 0.477 e. The number of rotatable bonds is 5. The molecule has 1 fully saturated rings. The van der Waals surface area contributed by atoms with Gasteiger partial charge in [0.05, 0.1) is 48.8 Å². The van der Waals surface area contributed by atoms with Crippen LogP contribution in [0.3, 0.4) is 0 Å². The molecule has 2 aliphatic rings. The Morgan fingerprint density at radius 2 is 1.88 bits per heavy atom. The van der Waals surface area contributed by atoms with Crippen LogP contribution < -0.4 is 9.64 Å². The molecule has 2 aliphatic heterocycles. The summed E-state index contributed by atoms with van der Waals surface area (Å²) in [5.74, 6) is 0.522. The van der Waals surface area contributed by atoms with Crippen molar-refractivity contribution < 1.29 is 19.1 Å². The third kappa shape index (κ3) is 4.65. The molecule has 1 atom stereocenters. The molecule has 0 spiro atoms. The molecule has 0 bridgehead atoms. The third-order valence-corrected chi connectivity index (χ3v) is 6.94. The van der Waals surface area contributed by atoms with Crippen LogP contribution in [0.2, 0.25) is 0 Å². The summed E-state index contributed by atoms with van der Waals surface area (Å²) in [6, 6.07) is 15.5. The Kier molecular flexibility index (Phi) is 6.15. The number of carbonyl (C=O) groups excluding carboxylic acids is 2. The molecule has 172 valence electrons. The van der Waals surface area contributed by atoms with Gasteiger partial charge in [0.15, 0.2) is 6.10 Å². The van der Waals surface area contributed by atoms with Gasteiger partial charge in [-0.05, 0) is 24.3 Å². The van der Waals surface area contributed by atoms with Crippen molar-refractivity contribution in [3.63, 3.8) is 0 Å². The van der Waals surface area contributed by atoms with Gasteiger partial charge in [0.25, 0.3) is 5.91 Å². The molecule has 1 saturated heterocycles. The van der Waals surface area contributed by atoms with Crippen molar-refractivity contribution in [2.24, 2.45) is 0 Å². The molecule has 5 rings (SSSR count). The molecule has 3 heterocycles. The van der Waals surface area contributed by atoms with Gasteiger partial charge in [-0.3, -0.25) is 9.59 Å². The van der Waals surface area contributed by atoms with Gasteiger partial charge in [-0.1, -0.05) is 24.3 Å². The number of hydrogen-bond acceptors (Lipinski definition) is 7. The summed E-state index contributed by atoms with van der Waals surface area (Å²) >= 11 is 1.60. The Morgan fingerprint density at radius 1 is 1.12 bits per heavy atom. The summed E-state index contributed by atoms with van der Waals surface area (Å²) in [4.78, 5) is 36.2. The number of hydrogen-bond donors (Lipinski definition) is 0. The van der Waals surface area contributed by atoms with E-state index in [-0.39, 0.29) is 18.4 Å². The molecule has 0 aliphatic carbocycles. The van der Waals surface area contributed by atoms with Crippen molar-refractivity contribution >= 4 is 39.1 Å². The maximum Gasteiger partial charge on any atom is 0.265 e. The number of fused-ring (bicyclic) bond motifs is 2. The Hall–Kier alpha value is -3.17. The van der Waals surface area contributed by atoms with Crippen LogP contribution in [0.4, 0.5) is 5.69 Å². The fraction of sp³-hybridized carbons (Fsp3) is 0.375. The maximum absolute atomic E-state index is 13.1. The topological polar surface area (TPSA) is 75.2 Å². The Balaban J connectivity index is 1.29. The molecular weight excluding hydrogens is 440 g/mol. The number of benzene rings is 2. The second kappa shape index (κ2) is 9.36. The Labute approximate surface area is 196 Å². The van der Waals surface area contributed by atoms with Crippen LogP contribution in [0.25, 0.3) is 10.2 Å². The molecule has 0 saturated carbocycles. The first-order valence-corrected chi connectivity index (χ1v) is 11.9. The molecule has 3 aromatic rings. The van der Waals surface area contributed by atoms with E-state index in [0.29, 0.717) is 45.1 Å². The van der Waals surface area contributed by atoms with Crippen molar-refractivity contribution in [1.82, 2.24) is 14.8 Å². The van der Waals surface area contributed by atoms with Gasteiger partial charge < -0.3 is 24.2 Å². The van der Waals surface area contributed by atoms with Crippen LogP contribution in [0.5, 0.6) is 5.75 Å². The fourth-order valence-electron chi connectivity index (χ4n) is 4.14. The van der Waals surface area contributed by atoms with E-state index in [2.05, 4.69) is 4.98 Å². The van der Waals surface area contributed by atoms with Crippen molar-refractivity contribution in [2.45, 2.75) is 12.6 Å². The number of para-hydroxylation sites is 3. The van der Waals surface area contributed by atoms with E-state index in [1.165, 1.54) is 0 Å². The lowest BCUT2D eigenvalue weighted by molar-refractivity contribution is -0.143. The average molecular weight is 467 g/mol. The summed E-state index contributed by atoms with van der Waals surface area (Å²) in [5, 5.41) is 0.898. The van der Waals surface area contributed by atoms with E-state index in [0.717, 1.165) is 20.9 Å². The molecule has 0 radical (unpaired) electrons. The van der Waals surface area contributed by atoms with Crippen molar-refractivity contribution in [3.05, 3.63) is 53.5 Å². The predicted molar refractivity (Wildman–Crippen MR) is 127 cm³/mol. The van der Waals surface area contributed by atoms with Gasteiger partial charge in [0.1, 0.15) is 10.8 Å². The second-order valence-corrected chi connectivity index (χ2v) is 9.33. The standard InChI is InChI=1S/C24H26N4O4S/c1-26(15-22-25-17-6-2-5-9-21(17)33-22)23(29)16-28-14-20(24(30)27-10-12-31-13-11-27)32-19-8-4-3-7-18(19)28/h2-9,20H,10-16H2,1H3/t20-/m0/s1. The molecule has 1 aromatic heterocycles. The second-order valence-electron chi connectivity index (χ2n) is 8.22. The Bertz CT molecular complexity index is 1130. The van der Waals surface area contributed by atoms with Crippen LogP contribution in [0.15, 0.2) is 48.5 Å². The van der Waals surface area contributed by atoms with Crippen LogP contribution in [-0.4, -0.2) is 79.1 Å². The lowest BCUT2D eigenvalue weighted by Gasteiger charge is -2.38. The summed E-state index contributed by atoms with van der Waals surface area (Å²) < 4.78 is 12.5. The Morgan fingerprint density at radius 3 is 2.70 bits per heavy atom. The molecule has 33 heavy (non-hydrogen) atoms. The van der Waals surface area contributed by atoms with E-state index in [4.69, 9.17) is 9.47 Å². The zero-order valence-electron chi connectivity index (χ0n) is 18.5. The van der Waals surface area contributed by atoms with E-state index >= 15 is 0 Å². The normalized spacial score (nSPS) is 18.0. The third-order valence-electron chi connectivity index (χ3n) is 5.92. The molecule has 9 heteroatoms. The summed E-state index contributed by atoms with van der Waals surface area (Å²) in [5.41, 5.74) is 1.77. The molecule has 8 nitrogen and oxygen atoms in total. The lowest BCUT2D eigenvalue weighted by Crippen LogP contribution is -2.54. The van der Waals surface area contributed by atoms with Crippen LogP contribution >= 0.6 is 11.3 Å². The molecular formula is C24H26N4O4S. The smallest absolute Gasteiger partial charge is 0.265 e. The number of amides is 2. The highest BCUT2D eigenvalue weighted by molar-refractivity contribution is 7.18. The minimum absolute atomic E-state index is 0.0384. The maximum atomic E-state index is 13.1. The highest BCUT2D eigenvalue weighted by Crippen LogP contribution is 2.33. The first-order chi connectivity index (χ1) is 16.1. The first-order valence-electron chi connectivity index (χ1n) is 11.0. The number of thiazole rings is 1. The minimum Gasteiger partial charge on any atom is -0.477 e. The number of carbonyl (C=O) groups is 2. The minimum atomic E-state index is -0.652. The SMILES string of the molecule is CN(Cc1nc2ccccc2s1)C(=O)CN1C[C@@H](C(=O)N2CCOCC2)Oc2ccccc21. The fourth-order valence-corrected chi connectivity index (χ4v) is 5.16. The van der Waals surface area contributed by atoms with Gasteiger partial charge in [-0.25, -0.2) is 4.98 Å². The molecule has 2 amide bonds. The van der Waals surface area contributed by atoms with E-state index in [1.807, 2.05) is 53.4 Å². The van der Waals surface area contributed by atoms with Crippen LogP contribution in [0, 0.1) is 0 Å². The predicted octanol–water partition coefficient (Wildman–Crippen LogP) is 2.38. The highest BCUT2D eigenvalue weighted by atomic mass is 32.1. The molecule has 0 unspecified atom stereocenters. The summed E-state index contributed by atoms with van der Waals surface area (Å²) in [6.45, 7) is 3.12. The van der Waals surface area contributed by atoms with Crippen LogP contribution in [-0.2, 0) is 20.9 Å². The average Bonchev–Trinajstić information content (AvgIpc) is 3.26. The van der Waals surface area contributed by atoms with E-state index in [1.54, 1.807) is 28.2 Å². The van der Waals surface area contributed by atoms with Gasteiger partial charge in [-0.15, -0.1) is 11.3 Å². The number of ether oxygens (including phenoxy) is 2. The first kappa shape index (κ1) is 21.7. The lowest BCUT2D eigenvalue weighted by atomic mass is 10.1.